The van der Waals surface area contributed by atoms with Crippen molar-refractivity contribution in [3.63, 3.8) is 0 Å². The fraction of sp³-hybridized carbons (Fsp3) is 0.462. The summed E-state index contributed by atoms with van der Waals surface area (Å²) in [6.07, 6.45) is -1.34. The van der Waals surface area contributed by atoms with Gasteiger partial charge in [-0.1, -0.05) is 0 Å². The van der Waals surface area contributed by atoms with Gasteiger partial charge in [0.1, 0.15) is 5.56 Å². The molecule has 9 heteroatoms. The zero-order valence-electron chi connectivity index (χ0n) is 12.1. The van der Waals surface area contributed by atoms with E-state index in [-0.39, 0.29) is 16.5 Å². The molecule has 0 fully saturated rings. The first-order chi connectivity index (χ1) is 10.00. The number of halogens is 4. The average Bonchev–Trinajstić information content (AvgIpc) is 2.84. The molecule has 0 aliphatic rings. The van der Waals surface area contributed by atoms with Crippen LogP contribution in [0.4, 0.5) is 13.2 Å². The van der Waals surface area contributed by atoms with E-state index in [1.54, 1.807) is 20.8 Å². The summed E-state index contributed by atoms with van der Waals surface area (Å²) in [5.74, 6) is 0. The lowest BCUT2D eigenvalue weighted by Crippen LogP contribution is -2.31. The summed E-state index contributed by atoms with van der Waals surface area (Å²) in [6, 6.07) is -0.437. The van der Waals surface area contributed by atoms with Crippen LogP contribution in [0.3, 0.4) is 0 Å². The van der Waals surface area contributed by atoms with E-state index >= 15 is 0 Å². The summed E-state index contributed by atoms with van der Waals surface area (Å²) in [5.41, 5.74) is -2.28. The van der Waals surface area contributed by atoms with Crippen molar-refractivity contribution in [1.82, 2.24) is 19.7 Å². The van der Waals surface area contributed by atoms with Crippen molar-refractivity contribution < 1.29 is 18.3 Å². The molecule has 120 valence electrons. The van der Waals surface area contributed by atoms with Gasteiger partial charge in [-0.2, -0.15) is 18.3 Å². The van der Waals surface area contributed by atoms with Crippen LogP contribution < -0.4 is 0 Å². The van der Waals surface area contributed by atoms with Crippen molar-refractivity contribution in [2.75, 3.05) is 0 Å². The van der Waals surface area contributed by atoms with Crippen LogP contribution in [0.2, 0.25) is 5.28 Å². The van der Waals surface area contributed by atoms with E-state index < -0.39 is 23.4 Å². The highest BCUT2D eigenvalue weighted by atomic mass is 35.5. The van der Waals surface area contributed by atoms with E-state index in [2.05, 4.69) is 15.1 Å². The predicted octanol–water partition coefficient (Wildman–Crippen LogP) is 3.34. The maximum Gasteiger partial charge on any atom is 0.419 e. The van der Waals surface area contributed by atoms with Gasteiger partial charge in [-0.15, -0.1) is 0 Å². The predicted molar refractivity (Wildman–Crippen MR) is 74.3 cm³/mol. The second kappa shape index (κ2) is 5.51. The zero-order valence-corrected chi connectivity index (χ0v) is 12.8. The number of alkyl halides is 3. The minimum absolute atomic E-state index is 0.146. The fourth-order valence-electron chi connectivity index (χ4n) is 1.78. The highest BCUT2D eigenvalue weighted by molar-refractivity contribution is 6.28. The van der Waals surface area contributed by atoms with Gasteiger partial charge in [-0.25, -0.2) is 9.97 Å². The van der Waals surface area contributed by atoms with Gasteiger partial charge in [-0.05, 0) is 32.4 Å². The quantitative estimate of drug-likeness (QED) is 0.874. The van der Waals surface area contributed by atoms with Crippen LogP contribution in [0.15, 0.2) is 18.6 Å². The molecule has 2 heterocycles. The fourth-order valence-corrected chi connectivity index (χ4v) is 1.92. The molecule has 0 bridgehead atoms. The third-order valence-electron chi connectivity index (χ3n) is 3.36. The Hall–Kier alpha value is -1.67. The van der Waals surface area contributed by atoms with Crippen molar-refractivity contribution >= 4 is 11.6 Å². The van der Waals surface area contributed by atoms with Crippen LogP contribution in [-0.2, 0) is 6.18 Å². The maximum atomic E-state index is 13.0. The molecular formula is C13H14ClF3N4O. The first-order valence-corrected chi connectivity index (χ1v) is 6.74. The normalized spacial score (nSPS) is 14.2. The van der Waals surface area contributed by atoms with Crippen molar-refractivity contribution in [3.05, 3.63) is 29.4 Å². The summed E-state index contributed by atoms with van der Waals surface area (Å²) >= 11 is 5.60. The van der Waals surface area contributed by atoms with Crippen molar-refractivity contribution in [2.45, 2.75) is 38.6 Å². The number of aliphatic hydroxyl groups is 1. The van der Waals surface area contributed by atoms with Gasteiger partial charge < -0.3 is 5.11 Å². The average molecular weight is 335 g/mol. The summed E-state index contributed by atoms with van der Waals surface area (Å²) in [4.78, 5) is 7.04. The van der Waals surface area contributed by atoms with Gasteiger partial charge in [0, 0.05) is 18.0 Å². The van der Waals surface area contributed by atoms with Crippen LogP contribution >= 0.6 is 11.6 Å². The summed E-state index contributed by atoms with van der Waals surface area (Å²) in [7, 11) is 0. The van der Waals surface area contributed by atoms with Crippen molar-refractivity contribution in [2.24, 2.45) is 0 Å². The Labute approximate surface area is 129 Å². The molecular weight excluding hydrogens is 321 g/mol. The first-order valence-electron chi connectivity index (χ1n) is 6.37. The van der Waals surface area contributed by atoms with Gasteiger partial charge in [0.15, 0.2) is 0 Å². The maximum absolute atomic E-state index is 13.0. The molecule has 0 saturated heterocycles. The molecule has 0 unspecified atom stereocenters. The topological polar surface area (TPSA) is 63.8 Å². The van der Waals surface area contributed by atoms with Gasteiger partial charge in [0.25, 0.3) is 0 Å². The molecule has 22 heavy (non-hydrogen) atoms. The van der Waals surface area contributed by atoms with Crippen molar-refractivity contribution in [1.29, 1.82) is 0 Å². The minimum Gasteiger partial charge on any atom is -0.388 e. The van der Waals surface area contributed by atoms with Crippen LogP contribution in [-0.4, -0.2) is 30.5 Å². The molecule has 0 spiro atoms. The number of nitrogens with zero attached hydrogens (tertiary/aromatic N) is 4. The lowest BCUT2D eigenvalue weighted by molar-refractivity contribution is -0.137. The van der Waals surface area contributed by atoms with Crippen LogP contribution in [0, 0.1) is 0 Å². The molecule has 0 aliphatic heterocycles. The van der Waals surface area contributed by atoms with E-state index in [4.69, 9.17) is 11.6 Å². The van der Waals surface area contributed by atoms with Gasteiger partial charge >= 0.3 is 6.18 Å². The summed E-state index contributed by atoms with van der Waals surface area (Å²) in [5, 5.41) is 13.7. The Morgan fingerprint density at radius 3 is 2.45 bits per heavy atom. The van der Waals surface area contributed by atoms with Crippen LogP contribution in [0.1, 0.15) is 32.4 Å². The third kappa shape index (κ3) is 3.38. The van der Waals surface area contributed by atoms with E-state index in [1.807, 2.05) is 0 Å². The second-order valence-corrected chi connectivity index (χ2v) is 5.78. The molecule has 0 aromatic carbocycles. The van der Waals surface area contributed by atoms with Gasteiger partial charge in [-0.3, -0.25) is 4.68 Å². The number of hydrogen-bond acceptors (Lipinski definition) is 4. The molecule has 0 amide bonds. The SMILES string of the molecule is C[C@@H](n1cc(-c2nc(Cl)ncc2C(F)(F)F)cn1)C(C)(C)O. The Kier molecular flexibility index (Phi) is 4.18. The third-order valence-corrected chi connectivity index (χ3v) is 3.54. The summed E-state index contributed by atoms with van der Waals surface area (Å²) < 4.78 is 40.5. The smallest absolute Gasteiger partial charge is 0.388 e. The molecule has 0 radical (unpaired) electrons. The van der Waals surface area contributed by atoms with Crippen LogP contribution in [0.5, 0.6) is 0 Å². The van der Waals surface area contributed by atoms with Gasteiger partial charge in [0.2, 0.25) is 5.28 Å². The second-order valence-electron chi connectivity index (χ2n) is 5.44. The molecule has 1 atom stereocenters. The van der Waals surface area contributed by atoms with Crippen molar-refractivity contribution in [3.8, 4) is 11.3 Å². The zero-order chi connectivity index (χ0) is 16.7. The number of hydrogen-bond donors (Lipinski definition) is 1. The Morgan fingerprint density at radius 1 is 1.27 bits per heavy atom. The molecule has 2 rings (SSSR count). The van der Waals surface area contributed by atoms with E-state index in [1.165, 1.54) is 17.1 Å². The van der Waals surface area contributed by atoms with Crippen LogP contribution in [0.25, 0.3) is 11.3 Å². The molecule has 5 nitrogen and oxygen atoms in total. The van der Waals surface area contributed by atoms with E-state index in [0.717, 1.165) is 0 Å². The molecule has 0 aliphatic carbocycles. The lowest BCUT2D eigenvalue weighted by atomic mass is 10.0. The number of rotatable bonds is 3. The lowest BCUT2D eigenvalue weighted by Gasteiger charge is -2.25. The monoisotopic (exact) mass is 334 g/mol. The van der Waals surface area contributed by atoms with E-state index in [0.29, 0.717) is 6.20 Å². The Bertz CT molecular complexity index is 679. The Balaban J connectivity index is 2.50. The molecule has 1 N–H and O–H groups in total. The first kappa shape index (κ1) is 16.7. The molecule has 0 saturated carbocycles. The van der Waals surface area contributed by atoms with E-state index in [9.17, 15) is 18.3 Å². The molecule has 2 aromatic heterocycles. The van der Waals surface area contributed by atoms with Gasteiger partial charge in [0.05, 0.1) is 23.5 Å². The Morgan fingerprint density at radius 2 is 1.91 bits per heavy atom. The summed E-state index contributed by atoms with van der Waals surface area (Å²) in [6.45, 7) is 4.87. The number of aromatic nitrogens is 4. The largest absolute Gasteiger partial charge is 0.419 e. The highest BCUT2D eigenvalue weighted by Crippen LogP contribution is 2.36. The minimum atomic E-state index is -4.61. The standard InChI is InChI=1S/C13H14ClF3N4O/c1-7(12(2,3)22)21-6-8(4-19-21)10-9(13(15,16)17)5-18-11(14)20-10/h4-7,22H,1-3H3/t7-/m1/s1. The highest BCUT2D eigenvalue weighted by Gasteiger charge is 2.36. The molecule has 2 aromatic rings.